The minimum absolute atomic E-state index is 0.204. The average molecular weight is 262 g/mol. The summed E-state index contributed by atoms with van der Waals surface area (Å²) in [7, 11) is 0. The first-order valence-electron chi connectivity index (χ1n) is 6.85. The minimum Gasteiger partial charge on any atom is -0.445 e. The van der Waals surface area contributed by atoms with Crippen molar-refractivity contribution in [1.82, 2.24) is 10.2 Å². The Labute approximate surface area is 114 Å². The Bertz CT molecular complexity index is 438. The number of carbonyl (C=O) groups is 1. The molecule has 1 saturated heterocycles. The summed E-state index contributed by atoms with van der Waals surface area (Å²) in [5, 5.41) is 3.27. The van der Waals surface area contributed by atoms with Crippen LogP contribution in [-0.2, 0) is 11.3 Å². The molecule has 0 atom stereocenters. The zero-order valence-electron chi connectivity index (χ0n) is 11.7. The van der Waals surface area contributed by atoms with Crippen LogP contribution in [0.4, 0.5) is 4.79 Å². The highest BCUT2D eigenvalue weighted by Crippen LogP contribution is 2.12. The third kappa shape index (κ3) is 3.96. The van der Waals surface area contributed by atoms with Crippen LogP contribution in [0.1, 0.15) is 23.1 Å². The standard InChI is InChI=1S/C15H22N2O2/c1-12-4-5-13(2)14(10-12)11-19-15(18)17-8-3-6-16-7-9-17/h4-5,10,16H,3,6-9,11H2,1-2H3. The molecule has 1 aromatic carbocycles. The third-order valence-electron chi connectivity index (χ3n) is 3.45. The van der Waals surface area contributed by atoms with Crippen molar-refractivity contribution in [2.45, 2.75) is 26.9 Å². The second-order valence-corrected chi connectivity index (χ2v) is 5.08. The summed E-state index contributed by atoms with van der Waals surface area (Å²) in [5.74, 6) is 0. The number of hydrogen-bond acceptors (Lipinski definition) is 3. The van der Waals surface area contributed by atoms with E-state index in [1.54, 1.807) is 4.90 Å². The van der Waals surface area contributed by atoms with Crippen molar-refractivity contribution in [2.75, 3.05) is 26.2 Å². The van der Waals surface area contributed by atoms with Gasteiger partial charge in [0.2, 0.25) is 0 Å². The Kier molecular flexibility index (Phi) is 4.80. The van der Waals surface area contributed by atoms with E-state index in [9.17, 15) is 4.79 Å². The van der Waals surface area contributed by atoms with Gasteiger partial charge in [-0.25, -0.2) is 4.79 Å². The number of aryl methyl sites for hydroxylation is 2. The molecule has 1 N–H and O–H groups in total. The van der Waals surface area contributed by atoms with Gasteiger partial charge in [-0.15, -0.1) is 0 Å². The van der Waals surface area contributed by atoms with Crippen molar-refractivity contribution >= 4 is 6.09 Å². The van der Waals surface area contributed by atoms with E-state index in [1.165, 1.54) is 5.56 Å². The number of nitrogens with zero attached hydrogens (tertiary/aromatic N) is 1. The Morgan fingerprint density at radius 3 is 3.00 bits per heavy atom. The van der Waals surface area contributed by atoms with E-state index in [4.69, 9.17) is 4.74 Å². The van der Waals surface area contributed by atoms with Gasteiger partial charge in [0.1, 0.15) is 6.61 Å². The molecule has 1 aliphatic rings. The Balaban J connectivity index is 1.90. The van der Waals surface area contributed by atoms with Gasteiger partial charge in [0.05, 0.1) is 0 Å². The van der Waals surface area contributed by atoms with E-state index in [0.717, 1.165) is 43.7 Å². The van der Waals surface area contributed by atoms with E-state index in [1.807, 2.05) is 13.8 Å². The lowest BCUT2D eigenvalue weighted by atomic mass is 10.1. The van der Waals surface area contributed by atoms with Crippen LogP contribution in [0.2, 0.25) is 0 Å². The number of ether oxygens (including phenoxy) is 1. The monoisotopic (exact) mass is 262 g/mol. The number of carbonyl (C=O) groups excluding carboxylic acids is 1. The first-order chi connectivity index (χ1) is 9.16. The van der Waals surface area contributed by atoms with Crippen molar-refractivity contribution in [3.8, 4) is 0 Å². The second-order valence-electron chi connectivity index (χ2n) is 5.08. The average Bonchev–Trinajstić information content (AvgIpc) is 2.68. The third-order valence-corrected chi connectivity index (χ3v) is 3.45. The van der Waals surface area contributed by atoms with Crippen LogP contribution < -0.4 is 5.32 Å². The fraction of sp³-hybridized carbons (Fsp3) is 0.533. The smallest absolute Gasteiger partial charge is 0.410 e. The highest BCUT2D eigenvalue weighted by atomic mass is 16.6. The minimum atomic E-state index is -0.204. The van der Waals surface area contributed by atoms with E-state index in [0.29, 0.717) is 6.61 Å². The van der Waals surface area contributed by atoms with Crippen molar-refractivity contribution in [1.29, 1.82) is 0 Å². The molecule has 1 heterocycles. The molecule has 104 valence electrons. The van der Waals surface area contributed by atoms with E-state index in [2.05, 4.69) is 23.5 Å². The van der Waals surface area contributed by atoms with E-state index >= 15 is 0 Å². The molecule has 2 rings (SSSR count). The lowest BCUT2D eigenvalue weighted by Gasteiger charge is -2.19. The molecule has 1 aliphatic heterocycles. The first-order valence-corrected chi connectivity index (χ1v) is 6.85. The largest absolute Gasteiger partial charge is 0.445 e. The SMILES string of the molecule is Cc1ccc(C)c(COC(=O)N2CCCNCC2)c1. The molecular weight excluding hydrogens is 240 g/mol. The van der Waals surface area contributed by atoms with Crippen molar-refractivity contribution in [2.24, 2.45) is 0 Å². The summed E-state index contributed by atoms with van der Waals surface area (Å²) < 4.78 is 5.42. The lowest BCUT2D eigenvalue weighted by Crippen LogP contribution is -2.34. The van der Waals surface area contributed by atoms with Gasteiger partial charge in [-0.3, -0.25) is 0 Å². The maximum absolute atomic E-state index is 12.0. The Hall–Kier alpha value is -1.55. The fourth-order valence-corrected chi connectivity index (χ4v) is 2.21. The second kappa shape index (κ2) is 6.57. The summed E-state index contributed by atoms with van der Waals surface area (Å²) >= 11 is 0. The Morgan fingerprint density at radius 2 is 2.16 bits per heavy atom. The first kappa shape index (κ1) is 13.9. The summed E-state index contributed by atoms with van der Waals surface area (Å²) in [6, 6.07) is 6.21. The highest BCUT2D eigenvalue weighted by molar-refractivity contribution is 5.67. The molecule has 1 fully saturated rings. The normalized spacial score (nSPS) is 16.0. The van der Waals surface area contributed by atoms with Crippen LogP contribution in [0, 0.1) is 13.8 Å². The van der Waals surface area contributed by atoms with Crippen molar-refractivity contribution in [3.63, 3.8) is 0 Å². The van der Waals surface area contributed by atoms with E-state index in [-0.39, 0.29) is 6.09 Å². The van der Waals surface area contributed by atoms with Gasteiger partial charge in [0.15, 0.2) is 0 Å². The van der Waals surface area contributed by atoms with Crippen molar-refractivity contribution in [3.05, 3.63) is 34.9 Å². The van der Waals surface area contributed by atoms with Crippen LogP contribution in [0.3, 0.4) is 0 Å². The van der Waals surface area contributed by atoms with Gasteiger partial charge in [-0.1, -0.05) is 23.8 Å². The summed E-state index contributed by atoms with van der Waals surface area (Å²) in [6.07, 6.45) is 0.781. The molecule has 0 aromatic heterocycles. The molecular formula is C15H22N2O2. The molecule has 19 heavy (non-hydrogen) atoms. The van der Waals surface area contributed by atoms with Crippen LogP contribution in [0.5, 0.6) is 0 Å². The summed E-state index contributed by atoms with van der Waals surface area (Å²) in [5.41, 5.74) is 3.44. The highest BCUT2D eigenvalue weighted by Gasteiger charge is 2.16. The zero-order chi connectivity index (χ0) is 13.7. The van der Waals surface area contributed by atoms with Crippen LogP contribution in [-0.4, -0.2) is 37.2 Å². The molecule has 0 saturated carbocycles. The number of benzene rings is 1. The molecule has 0 spiro atoms. The maximum atomic E-state index is 12.0. The number of nitrogens with one attached hydrogen (secondary N) is 1. The molecule has 4 heteroatoms. The molecule has 0 aliphatic carbocycles. The quantitative estimate of drug-likeness (QED) is 0.888. The zero-order valence-corrected chi connectivity index (χ0v) is 11.7. The number of hydrogen-bond donors (Lipinski definition) is 1. The molecule has 1 amide bonds. The number of amides is 1. The van der Waals surface area contributed by atoms with Gasteiger partial charge in [0, 0.05) is 19.6 Å². The van der Waals surface area contributed by atoms with Crippen LogP contribution in [0.15, 0.2) is 18.2 Å². The molecule has 0 bridgehead atoms. The molecule has 0 unspecified atom stereocenters. The summed E-state index contributed by atoms with van der Waals surface area (Å²) in [4.78, 5) is 13.8. The van der Waals surface area contributed by atoms with Crippen LogP contribution in [0.25, 0.3) is 0 Å². The van der Waals surface area contributed by atoms with Gasteiger partial charge in [0.25, 0.3) is 0 Å². The van der Waals surface area contributed by atoms with E-state index < -0.39 is 0 Å². The predicted molar refractivity (Wildman–Crippen MR) is 75.2 cm³/mol. The summed E-state index contributed by atoms with van der Waals surface area (Å²) in [6.45, 7) is 7.77. The molecule has 4 nitrogen and oxygen atoms in total. The van der Waals surface area contributed by atoms with Crippen LogP contribution >= 0.6 is 0 Å². The van der Waals surface area contributed by atoms with Gasteiger partial charge in [-0.05, 0) is 37.9 Å². The fourth-order valence-electron chi connectivity index (χ4n) is 2.21. The van der Waals surface area contributed by atoms with Crippen molar-refractivity contribution < 1.29 is 9.53 Å². The maximum Gasteiger partial charge on any atom is 0.410 e. The Morgan fingerprint density at radius 1 is 1.32 bits per heavy atom. The topological polar surface area (TPSA) is 41.6 Å². The van der Waals surface area contributed by atoms with Gasteiger partial charge >= 0.3 is 6.09 Å². The number of rotatable bonds is 2. The predicted octanol–water partition coefficient (Wildman–Crippen LogP) is 2.24. The van der Waals surface area contributed by atoms with Gasteiger partial charge < -0.3 is 15.0 Å². The molecule has 1 aromatic rings. The lowest BCUT2D eigenvalue weighted by molar-refractivity contribution is 0.0983. The van der Waals surface area contributed by atoms with Gasteiger partial charge in [-0.2, -0.15) is 0 Å². The molecule has 0 radical (unpaired) electrons.